The maximum Gasteiger partial charge on any atom is 0.262 e. The van der Waals surface area contributed by atoms with Crippen LogP contribution in [0.4, 0.5) is 5.69 Å². The van der Waals surface area contributed by atoms with E-state index in [1.807, 2.05) is 44.2 Å². The molecule has 1 heterocycles. The van der Waals surface area contributed by atoms with E-state index >= 15 is 0 Å². The summed E-state index contributed by atoms with van der Waals surface area (Å²) in [6.07, 6.45) is 0. The SMILES string of the molecule is COc1cc(C(=S)N2CCN(C)CC2)cc(Br)c1OCC(=O)Nc1cccc(C)c1C. The van der Waals surface area contributed by atoms with Gasteiger partial charge in [0.15, 0.2) is 18.1 Å². The van der Waals surface area contributed by atoms with E-state index in [0.29, 0.717) is 16.0 Å². The van der Waals surface area contributed by atoms with Gasteiger partial charge in [0.2, 0.25) is 0 Å². The molecule has 0 spiro atoms. The molecule has 0 unspecified atom stereocenters. The zero-order valence-electron chi connectivity index (χ0n) is 18.3. The summed E-state index contributed by atoms with van der Waals surface area (Å²) in [5, 5.41) is 2.90. The minimum atomic E-state index is -0.236. The van der Waals surface area contributed by atoms with Crippen LogP contribution < -0.4 is 14.8 Å². The fraction of sp³-hybridized carbons (Fsp3) is 0.391. The van der Waals surface area contributed by atoms with Crippen LogP contribution in [0.2, 0.25) is 0 Å². The highest BCUT2D eigenvalue weighted by Gasteiger charge is 2.21. The second kappa shape index (κ2) is 10.4. The fourth-order valence-corrected chi connectivity index (χ4v) is 4.24. The molecule has 0 atom stereocenters. The molecule has 1 N–H and O–H groups in total. The Labute approximate surface area is 197 Å². The molecular formula is C23H28BrN3O3S. The number of halogens is 1. The number of anilines is 1. The number of likely N-dealkylation sites (N-methyl/N-ethyl adjacent to an activating group) is 1. The van der Waals surface area contributed by atoms with Gasteiger partial charge in [-0.15, -0.1) is 0 Å². The molecule has 3 rings (SSSR count). The number of hydrogen-bond acceptors (Lipinski definition) is 5. The van der Waals surface area contributed by atoms with Crippen LogP contribution in [0, 0.1) is 13.8 Å². The van der Waals surface area contributed by atoms with E-state index in [9.17, 15) is 4.79 Å². The van der Waals surface area contributed by atoms with Crippen molar-refractivity contribution in [1.29, 1.82) is 0 Å². The van der Waals surface area contributed by atoms with Gasteiger partial charge in [-0.3, -0.25) is 4.79 Å². The number of nitrogens with one attached hydrogen (secondary N) is 1. The molecule has 1 aliphatic heterocycles. The van der Waals surface area contributed by atoms with Crippen molar-refractivity contribution in [2.24, 2.45) is 0 Å². The monoisotopic (exact) mass is 505 g/mol. The third-order valence-electron chi connectivity index (χ3n) is 5.49. The molecule has 6 nitrogen and oxygen atoms in total. The highest BCUT2D eigenvalue weighted by molar-refractivity contribution is 9.10. The summed E-state index contributed by atoms with van der Waals surface area (Å²) >= 11 is 9.27. The van der Waals surface area contributed by atoms with Crippen LogP contribution in [-0.4, -0.2) is 67.6 Å². The molecule has 0 bridgehead atoms. The fourth-order valence-electron chi connectivity index (χ4n) is 3.39. The van der Waals surface area contributed by atoms with Gasteiger partial charge in [0.25, 0.3) is 5.91 Å². The van der Waals surface area contributed by atoms with E-state index in [0.717, 1.165) is 53.5 Å². The quantitative estimate of drug-likeness (QED) is 0.598. The van der Waals surface area contributed by atoms with Crippen molar-refractivity contribution >= 4 is 44.7 Å². The summed E-state index contributed by atoms with van der Waals surface area (Å²) in [5.41, 5.74) is 3.83. The van der Waals surface area contributed by atoms with Crippen LogP contribution in [-0.2, 0) is 4.79 Å². The number of aryl methyl sites for hydroxylation is 1. The first kappa shape index (κ1) is 23.5. The molecule has 1 aliphatic rings. The lowest BCUT2D eigenvalue weighted by atomic mass is 10.1. The lowest BCUT2D eigenvalue weighted by Crippen LogP contribution is -2.46. The predicted octanol–water partition coefficient (Wildman–Crippen LogP) is 4.01. The maximum atomic E-state index is 12.4. The summed E-state index contributed by atoms with van der Waals surface area (Å²) in [4.78, 5) is 17.7. The zero-order chi connectivity index (χ0) is 22.5. The molecule has 166 valence electrons. The number of amides is 1. The second-order valence-corrected chi connectivity index (χ2v) is 8.91. The van der Waals surface area contributed by atoms with E-state index in [1.54, 1.807) is 7.11 Å². The Kier molecular flexibility index (Phi) is 7.91. The first-order chi connectivity index (χ1) is 14.8. The van der Waals surface area contributed by atoms with Gasteiger partial charge in [0.1, 0.15) is 4.99 Å². The number of hydrogen-bond donors (Lipinski definition) is 1. The van der Waals surface area contributed by atoms with Crippen LogP contribution in [0.25, 0.3) is 0 Å². The first-order valence-electron chi connectivity index (χ1n) is 10.1. The molecule has 0 radical (unpaired) electrons. The molecule has 31 heavy (non-hydrogen) atoms. The van der Waals surface area contributed by atoms with Gasteiger partial charge in [-0.25, -0.2) is 0 Å². The second-order valence-electron chi connectivity index (χ2n) is 7.67. The van der Waals surface area contributed by atoms with Crippen molar-refractivity contribution in [1.82, 2.24) is 9.80 Å². The molecule has 0 aliphatic carbocycles. The topological polar surface area (TPSA) is 54.0 Å². The summed E-state index contributed by atoms with van der Waals surface area (Å²) < 4.78 is 12.0. The Morgan fingerprint density at radius 1 is 1.19 bits per heavy atom. The molecule has 1 saturated heterocycles. The van der Waals surface area contributed by atoms with Crippen molar-refractivity contribution < 1.29 is 14.3 Å². The molecule has 0 aromatic heterocycles. The smallest absolute Gasteiger partial charge is 0.262 e. The number of thiocarbonyl (C=S) groups is 1. The van der Waals surface area contributed by atoms with E-state index < -0.39 is 0 Å². The number of methoxy groups -OCH3 is 1. The average molecular weight is 506 g/mol. The van der Waals surface area contributed by atoms with Gasteiger partial charge in [-0.2, -0.15) is 0 Å². The first-order valence-corrected chi connectivity index (χ1v) is 11.3. The Hall–Kier alpha value is -2.16. The molecule has 2 aromatic carbocycles. The van der Waals surface area contributed by atoms with E-state index in [-0.39, 0.29) is 12.5 Å². The summed E-state index contributed by atoms with van der Waals surface area (Å²) in [7, 11) is 3.69. The van der Waals surface area contributed by atoms with Gasteiger partial charge in [-0.1, -0.05) is 24.4 Å². The number of benzene rings is 2. The summed E-state index contributed by atoms with van der Waals surface area (Å²) in [6, 6.07) is 9.59. The van der Waals surface area contributed by atoms with Crippen LogP contribution in [0.5, 0.6) is 11.5 Å². The number of carbonyl (C=O) groups is 1. The molecule has 1 fully saturated rings. The Morgan fingerprint density at radius 2 is 1.90 bits per heavy atom. The number of ether oxygens (including phenoxy) is 2. The van der Waals surface area contributed by atoms with Gasteiger partial charge < -0.3 is 24.6 Å². The van der Waals surface area contributed by atoms with Crippen molar-refractivity contribution in [3.63, 3.8) is 0 Å². The van der Waals surface area contributed by atoms with Gasteiger partial charge in [0.05, 0.1) is 11.6 Å². The predicted molar refractivity (Wildman–Crippen MR) is 132 cm³/mol. The third-order valence-corrected chi connectivity index (χ3v) is 6.58. The maximum absolute atomic E-state index is 12.4. The highest BCUT2D eigenvalue weighted by Crippen LogP contribution is 2.37. The van der Waals surface area contributed by atoms with Gasteiger partial charge >= 0.3 is 0 Å². The normalized spacial score (nSPS) is 14.3. The minimum Gasteiger partial charge on any atom is -0.493 e. The molecule has 2 aromatic rings. The lowest BCUT2D eigenvalue weighted by molar-refractivity contribution is -0.118. The number of rotatable bonds is 6. The third kappa shape index (κ3) is 5.75. The van der Waals surface area contributed by atoms with Crippen LogP contribution in [0.3, 0.4) is 0 Å². The lowest BCUT2D eigenvalue weighted by Gasteiger charge is -2.34. The largest absolute Gasteiger partial charge is 0.493 e. The van der Waals surface area contributed by atoms with Crippen LogP contribution in [0.1, 0.15) is 16.7 Å². The zero-order valence-corrected chi connectivity index (χ0v) is 20.7. The van der Waals surface area contributed by atoms with Crippen molar-refractivity contribution in [2.45, 2.75) is 13.8 Å². The van der Waals surface area contributed by atoms with Crippen molar-refractivity contribution in [3.8, 4) is 11.5 Å². The van der Waals surface area contributed by atoms with Gasteiger partial charge in [0, 0.05) is 37.4 Å². The van der Waals surface area contributed by atoms with E-state index in [1.165, 1.54) is 0 Å². The molecular weight excluding hydrogens is 478 g/mol. The Bertz CT molecular complexity index is 975. The van der Waals surface area contributed by atoms with Gasteiger partial charge in [-0.05, 0) is 66.2 Å². The summed E-state index contributed by atoms with van der Waals surface area (Å²) in [6.45, 7) is 7.61. The Balaban J connectivity index is 1.69. The Morgan fingerprint density at radius 3 is 2.58 bits per heavy atom. The molecule has 8 heteroatoms. The number of piperazine rings is 1. The minimum absolute atomic E-state index is 0.134. The number of nitrogens with zero attached hydrogens (tertiary/aromatic N) is 2. The van der Waals surface area contributed by atoms with E-state index in [4.69, 9.17) is 21.7 Å². The van der Waals surface area contributed by atoms with Crippen LogP contribution >= 0.6 is 28.1 Å². The van der Waals surface area contributed by atoms with Crippen molar-refractivity contribution in [3.05, 3.63) is 51.5 Å². The molecule has 0 saturated carbocycles. The highest BCUT2D eigenvalue weighted by atomic mass is 79.9. The average Bonchev–Trinajstić information content (AvgIpc) is 2.75. The number of carbonyl (C=O) groups excluding carboxylic acids is 1. The summed E-state index contributed by atoms with van der Waals surface area (Å²) in [5.74, 6) is 0.767. The van der Waals surface area contributed by atoms with E-state index in [2.05, 4.69) is 38.1 Å². The standard InChI is InChI=1S/C23H28BrN3O3S/c1-15-6-5-7-19(16(15)2)25-21(28)14-30-22-18(24)12-17(13-20(22)29-4)23(31)27-10-8-26(3)9-11-27/h5-7,12-13H,8-11,14H2,1-4H3,(H,25,28). The van der Waals surface area contributed by atoms with Crippen LogP contribution in [0.15, 0.2) is 34.8 Å². The molecule has 1 amide bonds. The van der Waals surface area contributed by atoms with Crippen molar-refractivity contribution in [2.75, 3.05) is 52.3 Å².